The first kappa shape index (κ1) is 13.8. The van der Waals surface area contributed by atoms with Crippen LogP contribution in [0.25, 0.3) is 0 Å². The lowest BCUT2D eigenvalue weighted by molar-refractivity contribution is -0.112. The first-order chi connectivity index (χ1) is 9.09. The van der Waals surface area contributed by atoms with Gasteiger partial charge in [-0.25, -0.2) is 0 Å². The Kier molecular flexibility index (Phi) is 4.06. The summed E-state index contributed by atoms with van der Waals surface area (Å²) in [7, 11) is 0. The van der Waals surface area contributed by atoms with Crippen LogP contribution in [0.5, 0.6) is 0 Å². The maximum Gasteiger partial charge on any atom is 0.228 e. The second-order valence-corrected chi connectivity index (χ2v) is 5.26. The zero-order valence-electron chi connectivity index (χ0n) is 11.0. The number of hydrogen-bond acceptors (Lipinski definition) is 1. The van der Waals surface area contributed by atoms with Crippen molar-refractivity contribution in [3.8, 4) is 0 Å². The van der Waals surface area contributed by atoms with Crippen LogP contribution >= 0.6 is 11.6 Å². The fourth-order valence-electron chi connectivity index (χ4n) is 2.35. The Morgan fingerprint density at radius 1 is 1.47 bits per heavy atom. The van der Waals surface area contributed by atoms with Crippen LogP contribution in [0, 0.1) is 0 Å². The molecule has 0 aromatic heterocycles. The van der Waals surface area contributed by atoms with E-state index in [-0.39, 0.29) is 16.6 Å². The van der Waals surface area contributed by atoms with Gasteiger partial charge in [-0.3, -0.25) is 4.79 Å². The first-order valence-corrected chi connectivity index (χ1v) is 6.74. The van der Waals surface area contributed by atoms with Crippen molar-refractivity contribution in [1.29, 1.82) is 0 Å². The van der Waals surface area contributed by atoms with Gasteiger partial charge >= 0.3 is 0 Å². The summed E-state index contributed by atoms with van der Waals surface area (Å²) in [5, 5.41) is -0.330. The van der Waals surface area contributed by atoms with Crippen molar-refractivity contribution < 1.29 is 4.79 Å². The zero-order valence-corrected chi connectivity index (χ0v) is 11.7. The van der Waals surface area contributed by atoms with E-state index in [2.05, 4.69) is 30.9 Å². The molecule has 0 spiro atoms. The number of hydrogen-bond donors (Lipinski definition) is 0. The van der Waals surface area contributed by atoms with Crippen LogP contribution in [0.2, 0.25) is 0 Å². The Hall–Kier alpha value is -1.60. The van der Waals surface area contributed by atoms with Gasteiger partial charge in [0.15, 0.2) is 0 Å². The Morgan fingerprint density at radius 3 is 2.84 bits per heavy atom. The molecule has 2 rings (SSSR count). The van der Waals surface area contributed by atoms with Crippen molar-refractivity contribution >= 4 is 16.8 Å². The van der Waals surface area contributed by atoms with Gasteiger partial charge in [-0.05, 0) is 29.1 Å². The van der Waals surface area contributed by atoms with E-state index in [1.54, 1.807) is 0 Å². The molecule has 0 radical (unpaired) electrons. The Morgan fingerprint density at radius 2 is 2.26 bits per heavy atom. The molecule has 0 heterocycles. The number of rotatable bonds is 4. The van der Waals surface area contributed by atoms with E-state index in [9.17, 15) is 4.79 Å². The monoisotopic (exact) mass is 272 g/mol. The van der Waals surface area contributed by atoms with E-state index < -0.39 is 0 Å². The zero-order chi connectivity index (χ0) is 13.9. The highest BCUT2D eigenvalue weighted by molar-refractivity contribution is 6.64. The van der Waals surface area contributed by atoms with Crippen LogP contribution in [-0.2, 0) is 10.2 Å². The number of halogens is 1. The summed E-state index contributed by atoms with van der Waals surface area (Å²) >= 11 is 5.59. The van der Waals surface area contributed by atoms with Crippen LogP contribution in [0.15, 0.2) is 61.2 Å². The third-order valence-electron chi connectivity index (χ3n) is 3.73. The molecule has 0 bridgehead atoms. The number of carbonyl (C=O) groups is 1. The minimum Gasteiger partial charge on any atom is -0.281 e. The van der Waals surface area contributed by atoms with Crippen LogP contribution in [0.3, 0.4) is 0 Å². The molecule has 19 heavy (non-hydrogen) atoms. The second-order valence-electron chi connectivity index (χ2n) is 4.89. The lowest BCUT2D eigenvalue weighted by Crippen LogP contribution is -2.21. The van der Waals surface area contributed by atoms with Gasteiger partial charge in [0.2, 0.25) is 5.24 Å². The largest absolute Gasteiger partial charge is 0.281 e. The third-order valence-corrected chi connectivity index (χ3v) is 4.05. The summed E-state index contributed by atoms with van der Waals surface area (Å²) in [6, 6.07) is 8.03. The highest BCUT2D eigenvalue weighted by atomic mass is 35.5. The average molecular weight is 273 g/mol. The highest BCUT2D eigenvalue weighted by Crippen LogP contribution is 2.35. The normalized spacial score (nSPS) is 23.1. The predicted molar refractivity (Wildman–Crippen MR) is 80.5 cm³/mol. The van der Waals surface area contributed by atoms with Crippen molar-refractivity contribution in [1.82, 2.24) is 0 Å². The van der Waals surface area contributed by atoms with Gasteiger partial charge in [0.25, 0.3) is 0 Å². The summed E-state index contributed by atoms with van der Waals surface area (Å²) in [4.78, 5) is 11.3. The van der Waals surface area contributed by atoms with E-state index in [1.807, 2.05) is 37.3 Å². The second kappa shape index (κ2) is 5.58. The van der Waals surface area contributed by atoms with Crippen molar-refractivity contribution in [2.75, 3.05) is 0 Å². The molecule has 0 aliphatic heterocycles. The van der Waals surface area contributed by atoms with Gasteiger partial charge in [0.1, 0.15) is 0 Å². The molecular formula is C17H17ClO. The molecule has 1 nitrogen and oxygen atoms in total. The van der Waals surface area contributed by atoms with Crippen LogP contribution < -0.4 is 0 Å². The van der Waals surface area contributed by atoms with E-state index in [0.29, 0.717) is 0 Å². The predicted octanol–water partition coefficient (Wildman–Crippen LogP) is 4.50. The van der Waals surface area contributed by atoms with E-state index in [4.69, 9.17) is 11.6 Å². The summed E-state index contributed by atoms with van der Waals surface area (Å²) in [5.74, 6) is -0.286. The van der Waals surface area contributed by atoms with Crippen molar-refractivity contribution in [2.45, 2.75) is 24.7 Å². The van der Waals surface area contributed by atoms with Crippen molar-refractivity contribution in [3.05, 3.63) is 72.4 Å². The molecular weight excluding hydrogens is 256 g/mol. The molecule has 1 aliphatic carbocycles. The van der Waals surface area contributed by atoms with E-state index >= 15 is 0 Å². The Labute approximate surface area is 119 Å². The summed E-state index contributed by atoms with van der Waals surface area (Å²) in [6.45, 7) is 5.79. The van der Waals surface area contributed by atoms with E-state index in [1.165, 1.54) is 0 Å². The first-order valence-electron chi connectivity index (χ1n) is 6.37. The van der Waals surface area contributed by atoms with Gasteiger partial charge < -0.3 is 0 Å². The highest BCUT2D eigenvalue weighted by Gasteiger charge is 2.26. The maximum absolute atomic E-state index is 11.3. The van der Waals surface area contributed by atoms with Gasteiger partial charge in [-0.1, -0.05) is 61.6 Å². The van der Waals surface area contributed by atoms with Gasteiger partial charge in [0, 0.05) is 5.41 Å². The molecule has 1 aromatic rings. The molecule has 1 aliphatic rings. The van der Waals surface area contributed by atoms with Crippen LogP contribution in [0.1, 0.15) is 30.4 Å². The van der Waals surface area contributed by atoms with Crippen LogP contribution in [0.4, 0.5) is 0 Å². The quantitative estimate of drug-likeness (QED) is 0.583. The fourth-order valence-corrected chi connectivity index (χ4v) is 2.47. The number of allylic oxidation sites excluding steroid dienone is 5. The lowest BCUT2D eigenvalue weighted by Gasteiger charge is -2.29. The molecule has 1 aromatic carbocycles. The minimum atomic E-state index is -0.330. The van der Waals surface area contributed by atoms with Crippen molar-refractivity contribution in [2.24, 2.45) is 0 Å². The van der Waals surface area contributed by atoms with Gasteiger partial charge in [-0.2, -0.15) is 0 Å². The number of benzene rings is 1. The SMILES string of the molecule is C=CC1(c2cccc(C(C)C(=O)Cl)c2)C=CC=CC1. The third kappa shape index (κ3) is 2.71. The molecule has 0 saturated carbocycles. The molecule has 98 valence electrons. The smallest absolute Gasteiger partial charge is 0.228 e. The Balaban J connectivity index is 2.43. The Bertz CT molecular complexity index is 556. The average Bonchev–Trinajstić information content (AvgIpc) is 2.47. The molecule has 2 unspecified atom stereocenters. The van der Waals surface area contributed by atoms with Crippen molar-refractivity contribution in [3.63, 3.8) is 0 Å². The summed E-state index contributed by atoms with van der Waals surface area (Å²) < 4.78 is 0. The minimum absolute atomic E-state index is 0.181. The topological polar surface area (TPSA) is 17.1 Å². The standard InChI is InChI=1S/C17H17ClO/c1-3-17(10-5-4-6-11-17)15-9-7-8-14(12-15)13(2)16(18)19/h3-10,12-13H,1,11H2,2H3. The molecule has 0 amide bonds. The lowest BCUT2D eigenvalue weighted by atomic mass is 9.75. The molecule has 0 saturated heterocycles. The molecule has 0 N–H and O–H groups in total. The molecule has 2 heteroatoms. The summed E-state index contributed by atoms with van der Waals surface area (Å²) in [6.07, 6.45) is 11.2. The van der Waals surface area contributed by atoms with Gasteiger partial charge in [0.05, 0.1) is 5.92 Å². The molecule has 0 fully saturated rings. The van der Waals surface area contributed by atoms with Gasteiger partial charge in [-0.15, -0.1) is 6.58 Å². The van der Waals surface area contributed by atoms with Crippen LogP contribution in [-0.4, -0.2) is 5.24 Å². The summed E-state index contributed by atoms with van der Waals surface area (Å²) in [5.41, 5.74) is 1.91. The molecule has 2 atom stereocenters. The van der Waals surface area contributed by atoms with E-state index in [0.717, 1.165) is 17.5 Å². The maximum atomic E-state index is 11.3. The number of carbonyl (C=O) groups excluding carboxylic acids is 1. The fraction of sp³-hybridized carbons (Fsp3) is 0.235.